The fraction of sp³-hybridized carbons (Fsp3) is 0.500. The summed E-state index contributed by atoms with van der Waals surface area (Å²) in [5.74, 6) is -1.29. The minimum Gasteiger partial charge on any atom is -0.293 e. The summed E-state index contributed by atoms with van der Waals surface area (Å²) in [6.07, 6.45) is 4.72. The Hall–Kier alpha value is -2.12. The molecule has 0 amide bonds. The summed E-state index contributed by atoms with van der Waals surface area (Å²) in [5, 5.41) is 0. The molecule has 0 N–H and O–H groups in total. The number of aryl methyl sites for hydroxylation is 6. The SMILES string of the molecule is CCc1cc(CC)c(C(=O)C(CP=O)C(=O)c2c(CC)cc(CC)cc2CC)c(CC)c1. The van der Waals surface area contributed by atoms with E-state index in [1.54, 1.807) is 0 Å². The summed E-state index contributed by atoms with van der Waals surface area (Å²) in [4.78, 5) is 27.7. The lowest BCUT2D eigenvalue weighted by atomic mass is 9.81. The molecule has 2 rings (SSSR count). The predicted octanol–water partition coefficient (Wildman–Crippen LogP) is 7.03. The van der Waals surface area contributed by atoms with Crippen LogP contribution in [0.15, 0.2) is 24.3 Å². The number of hydrogen-bond donors (Lipinski definition) is 0. The van der Waals surface area contributed by atoms with E-state index in [0.717, 1.165) is 60.8 Å². The van der Waals surface area contributed by atoms with Gasteiger partial charge in [0, 0.05) is 17.3 Å². The number of hydrogen-bond acceptors (Lipinski definition) is 3. The van der Waals surface area contributed by atoms with Crippen LogP contribution in [0.2, 0.25) is 0 Å². The molecule has 0 spiro atoms. The summed E-state index contributed by atoms with van der Waals surface area (Å²) in [6, 6.07) is 8.36. The molecule has 0 atom stereocenters. The molecule has 0 fully saturated rings. The monoisotopic (exact) mass is 452 g/mol. The lowest BCUT2D eigenvalue weighted by Gasteiger charge is -2.21. The van der Waals surface area contributed by atoms with Crippen LogP contribution in [-0.4, -0.2) is 17.7 Å². The highest BCUT2D eigenvalue weighted by atomic mass is 31.1. The molecule has 0 aliphatic heterocycles. The van der Waals surface area contributed by atoms with Gasteiger partial charge in [0.15, 0.2) is 20.0 Å². The van der Waals surface area contributed by atoms with Crippen molar-refractivity contribution in [1.29, 1.82) is 0 Å². The van der Waals surface area contributed by atoms with Crippen LogP contribution >= 0.6 is 8.46 Å². The Morgan fingerprint density at radius 1 is 0.625 bits per heavy atom. The highest BCUT2D eigenvalue weighted by molar-refractivity contribution is 7.23. The van der Waals surface area contributed by atoms with Crippen molar-refractivity contribution >= 4 is 20.0 Å². The fourth-order valence-electron chi connectivity index (χ4n) is 4.54. The van der Waals surface area contributed by atoms with Gasteiger partial charge in [-0.05, 0) is 71.9 Å². The molecule has 0 bridgehead atoms. The van der Waals surface area contributed by atoms with Crippen LogP contribution in [0.3, 0.4) is 0 Å². The number of carbonyl (C=O) groups is 2. The van der Waals surface area contributed by atoms with Gasteiger partial charge in [0.1, 0.15) is 0 Å². The molecular formula is C28H37O3P. The van der Waals surface area contributed by atoms with Crippen LogP contribution in [0.1, 0.15) is 95.6 Å². The second-order valence-corrected chi connectivity index (χ2v) is 8.92. The summed E-state index contributed by atoms with van der Waals surface area (Å²) in [6.45, 7) is 12.4. The molecule has 3 nitrogen and oxygen atoms in total. The molecule has 0 radical (unpaired) electrons. The topological polar surface area (TPSA) is 51.2 Å². The van der Waals surface area contributed by atoms with E-state index in [1.165, 1.54) is 11.1 Å². The molecule has 0 saturated carbocycles. The third-order valence-corrected chi connectivity index (χ3v) is 6.96. The Kier molecular flexibility index (Phi) is 9.97. The average molecular weight is 453 g/mol. The normalized spacial score (nSPS) is 11.3. The lowest BCUT2D eigenvalue weighted by Crippen LogP contribution is -2.29. The highest BCUT2D eigenvalue weighted by Gasteiger charge is 2.33. The molecule has 0 unspecified atom stereocenters. The molecule has 2 aromatic carbocycles. The minimum atomic E-state index is -0.930. The zero-order valence-corrected chi connectivity index (χ0v) is 21.4. The van der Waals surface area contributed by atoms with Gasteiger partial charge in [-0.1, -0.05) is 65.8 Å². The van der Waals surface area contributed by atoms with Gasteiger partial charge in [-0.25, -0.2) is 0 Å². The molecule has 0 aliphatic rings. The van der Waals surface area contributed by atoms with Crippen LogP contribution < -0.4 is 0 Å². The Labute approximate surface area is 195 Å². The first kappa shape index (κ1) is 26.1. The van der Waals surface area contributed by atoms with Crippen molar-refractivity contribution in [2.45, 2.75) is 80.1 Å². The molecular weight excluding hydrogens is 415 g/mol. The fourth-order valence-corrected chi connectivity index (χ4v) is 5.02. The van der Waals surface area contributed by atoms with Crippen LogP contribution in [0.5, 0.6) is 0 Å². The minimum absolute atomic E-state index is 0.0152. The Bertz CT molecular complexity index is 865. The molecule has 0 saturated heterocycles. The average Bonchev–Trinajstić information content (AvgIpc) is 2.84. The van der Waals surface area contributed by atoms with Crippen molar-refractivity contribution in [3.63, 3.8) is 0 Å². The van der Waals surface area contributed by atoms with Gasteiger partial charge < -0.3 is 0 Å². The van der Waals surface area contributed by atoms with Crippen molar-refractivity contribution in [3.05, 3.63) is 68.8 Å². The van der Waals surface area contributed by atoms with E-state index < -0.39 is 5.92 Å². The van der Waals surface area contributed by atoms with Gasteiger partial charge in [-0.15, -0.1) is 0 Å². The van der Waals surface area contributed by atoms with E-state index in [9.17, 15) is 14.2 Å². The van der Waals surface area contributed by atoms with Crippen molar-refractivity contribution in [1.82, 2.24) is 0 Å². The van der Waals surface area contributed by atoms with Crippen LogP contribution in [0.4, 0.5) is 0 Å². The maximum Gasteiger partial charge on any atom is 0.175 e. The van der Waals surface area contributed by atoms with E-state index in [4.69, 9.17) is 0 Å². The standard InChI is InChI=1S/C28H37O3P/c1-7-18-13-20(9-3)25(21(10-4)14-18)27(29)24(17-32-31)28(30)26-22(11-5)15-19(8-2)16-23(26)12-6/h13-16,24H,7-12,17H2,1-6H3. The van der Waals surface area contributed by atoms with Gasteiger partial charge in [-0.2, -0.15) is 0 Å². The van der Waals surface area contributed by atoms with Crippen LogP contribution in [0, 0.1) is 5.92 Å². The van der Waals surface area contributed by atoms with E-state index in [0.29, 0.717) is 11.1 Å². The largest absolute Gasteiger partial charge is 0.293 e. The van der Waals surface area contributed by atoms with Gasteiger partial charge in [0.2, 0.25) is 0 Å². The maximum absolute atomic E-state index is 13.9. The maximum atomic E-state index is 13.9. The summed E-state index contributed by atoms with van der Waals surface area (Å²) >= 11 is 0. The number of Topliss-reactive ketones (excluding diaryl/α,β-unsaturated/α-hetero) is 2. The molecule has 172 valence electrons. The van der Waals surface area contributed by atoms with E-state index in [-0.39, 0.29) is 26.2 Å². The molecule has 2 aromatic rings. The molecule has 4 heteroatoms. The molecule has 0 heterocycles. The summed E-state index contributed by atoms with van der Waals surface area (Å²) in [5.41, 5.74) is 7.68. The number of rotatable bonds is 12. The number of carbonyl (C=O) groups excluding carboxylic acids is 2. The van der Waals surface area contributed by atoms with Crippen molar-refractivity contribution in [2.24, 2.45) is 5.92 Å². The Morgan fingerprint density at radius 3 is 1.16 bits per heavy atom. The Balaban J connectivity index is 2.67. The van der Waals surface area contributed by atoms with Crippen LogP contribution in [-0.2, 0) is 43.1 Å². The smallest absolute Gasteiger partial charge is 0.175 e. The lowest BCUT2D eigenvalue weighted by molar-refractivity contribution is 0.0821. The first-order valence-electron chi connectivity index (χ1n) is 12.1. The third-order valence-electron chi connectivity index (χ3n) is 6.45. The summed E-state index contributed by atoms with van der Waals surface area (Å²) in [7, 11) is -0.180. The van der Waals surface area contributed by atoms with E-state index in [1.807, 2.05) is 27.7 Å². The molecule has 32 heavy (non-hydrogen) atoms. The van der Waals surface area contributed by atoms with Crippen LogP contribution in [0.25, 0.3) is 0 Å². The number of ketones is 2. The van der Waals surface area contributed by atoms with Gasteiger partial charge in [-0.3, -0.25) is 14.2 Å². The first-order valence-corrected chi connectivity index (χ1v) is 13.1. The predicted molar refractivity (Wildman–Crippen MR) is 134 cm³/mol. The van der Waals surface area contributed by atoms with Crippen molar-refractivity contribution < 1.29 is 14.2 Å². The summed E-state index contributed by atoms with van der Waals surface area (Å²) < 4.78 is 11.7. The number of benzene rings is 2. The second kappa shape index (κ2) is 12.2. The van der Waals surface area contributed by atoms with Gasteiger partial charge in [0.05, 0.1) is 5.92 Å². The zero-order valence-electron chi connectivity index (χ0n) is 20.5. The third kappa shape index (κ3) is 5.44. The second-order valence-electron chi connectivity index (χ2n) is 8.29. The van der Waals surface area contributed by atoms with E-state index in [2.05, 4.69) is 38.1 Å². The quantitative estimate of drug-likeness (QED) is 0.197. The molecule has 0 aliphatic carbocycles. The first-order chi connectivity index (χ1) is 15.4. The van der Waals surface area contributed by atoms with Crippen molar-refractivity contribution in [3.8, 4) is 0 Å². The molecule has 0 aromatic heterocycles. The Morgan fingerprint density at radius 2 is 0.938 bits per heavy atom. The zero-order chi connectivity index (χ0) is 23.8. The van der Waals surface area contributed by atoms with Crippen molar-refractivity contribution in [2.75, 3.05) is 6.16 Å². The van der Waals surface area contributed by atoms with Gasteiger partial charge in [0.25, 0.3) is 0 Å². The van der Waals surface area contributed by atoms with E-state index >= 15 is 0 Å². The highest BCUT2D eigenvalue weighted by Crippen LogP contribution is 2.29. The van der Waals surface area contributed by atoms with Gasteiger partial charge >= 0.3 is 0 Å².